The van der Waals surface area contributed by atoms with E-state index in [9.17, 15) is 13.2 Å². The molecular formula is C20H22N6O4S. The topological polar surface area (TPSA) is 136 Å². The van der Waals surface area contributed by atoms with E-state index in [1.165, 1.54) is 18.6 Å². The molecule has 11 heteroatoms. The first kappa shape index (κ1) is 22.1. The third-order valence-electron chi connectivity index (χ3n) is 3.66. The van der Waals surface area contributed by atoms with Gasteiger partial charge >= 0.3 is 6.09 Å². The Balaban J connectivity index is 1.68. The Bertz CT molecular complexity index is 1150. The summed E-state index contributed by atoms with van der Waals surface area (Å²) < 4.78 is 32.1. The summed E-state index contributed by atoms with van der Waals surface area (Å²) in [5, 5.41) is 2.46. The van der Waals surface area contributed by atoms with Gasteiger partial charge in [-0.2, -0.15) is 0 Å². The highest BCUT2D eigenvalue weighted by Gasteiger charge is 2.17. The van der Waals surface area contributed by atoms with Gasteiger partial charge in [-0.3, -0.25) is 10.0 Å². The van der Waals surface area contributed by atoms with Gasteiger partial charge in [0.05, 0.1) is 11.4 Å². The number of rotatable bonds is 6. The number of anilines is 2. The molecule has 2 N–H and O–H groups in total. The molecule has 1 amide bonds. The summed E-state index contributed by atoms with van der Waals surface area (Å²) >= 11 is 0. The molecule has 1 aromatic carbocycles. The molecule has 0 bridgehead atoms. The van der Waals surface area contributed by atoms with Crippen molar-refractivity contribution in [2.45, 2.75) is 32.1 Å². The number of carbonyl (C=O) groups is 1. The number of benzene rings is 1. The van der Waals surface area contributed by atoms with E-state index in [4.69, 9.17) is 4.74 Å². The van der Waals surface area contributed by atoms with E-state index < -0.39 is 21.7 Å². The van der Waals surface area contributed by atoms with Crippen LogP contribution in [0.2, 0.25) is 0 Å². The van der Waals surface area contributed by atoms with Crippen LogP contribution < -0.4 is 10.0 Å². The first-order valence-electron chi connectivity index (χ1n) is 9.29. The summed E-state index contributed by atoms with van der Waals surface area (Å²) in [6, 6.07) is 10.4. The second kappa shape index (κ2) is 9.04. The number of aromatic nitrogens is 4. The van der Waals surface area contributed by atoms with Crippen LogP contribution in [0.3, 0.4) is 0 Å². The molecule has 31 heavy (non-hydrogen) atoms. The third-order valence-corrected chi connectivity index (χ3v) is 4.87. The molecule has 0 atom stereocenters. The molecule has 0 unspecified atom stereocenters. The molecule has 10 nitrogen and oxygen atoms in total. The molecule has 0 aliphatic carbocycles. The zero-order chi connectivity index (χ0) is 22.5. The molecule has 3 aromatic rings. The standard InChI is InChI=1S/C20H22N6O4S/c1-20(2,3)30-19(27)25-18-21-10-9-16(24-18)15-11-22-17(23-12-15)26-31(28,29)13-14-7-5-4-6-8-14/h4-12H,13H2,1-3H3,(H,22,23,26)(H,21,24,25,27). The molecule has 0 saturated carbocycles. The van der Waals surface area contributed by atoms with Gasteiger partial charge in [0.15, 0.2) is 0 Å². The summed E-state index contributed by atoms with van der Waals surface area (Å²) in [5.74, 6) is -0.190. The van der Waals surface area contributed by atoms with Gasteiger partial charge < -0.3 is 4.74 Å². The van der Waals surface area contributed by atoms with Crippen LogP contribution >= 0.6 is 0 Å². The first-order chi connectivity index (χ1) is 14.6. The number of sulfonamides is 1. The molecule has 0 fully saturated rings. The summed E-state index contributed by atoms with van der Waals surface area (Å²) in [5.41, 5.74) is 0.956. The van der Waals surface area contributed by atoms with Gasteiger partial charge in [0.25, 0.3) is 0 Å². The fourth-order valence-corrected chi connectivity index (χ4v) is 3.54. The van der Waals surface area contributed by atoms with E-state index in [0.29, 0.717) is 16.8 Å². The quantitative estimate of drug-likeness (QED) is 0.594. The zero-order valence-corrected chi connectivity index (χ0v) is 18.0. The van der Waals surface area contributed by atoms with E-state index >= 15 is 0 Å². The van der Waals surface area contributed by atoms with Crippen molar-refractivity contribution in [3.63, 3.8) is 0 Å². The third kappa shape index (κ3) is 7.00. The number of hydrogen-bond donors (Lipinski definition) is 2. The Morgan fingerprint density at radius 2 is 1.68 bits per heavy atom. The summed E-state index contributed by atoms with van der Waals surface area (Å²) in [6.07, 6.45) is 3.63. The largest absolute Gasteiger partial charge is 0.444 e. The number of nitrogens with zero attached hydrogens (tertiary/aromatic N) is 4. The molecule has 0 aliphatic rings. The molecule has 3 rings (SSSR count). The highest BCUT2D eigenvalue weighted by atomic mass is 32.2. The minimum Gasteiger partial charge on any atom is -0.444 e. The predicted molar refractivity (Wildman–Crippen MR) is 116 cm³/mol. The van der Waals surface area contributed by atoms with Crippen molar-refractivity contribution in [1.29, 1.82) is 0 Å². The lowest BCUT2D eigenvalue weighted by Crippen LogP contribution is -2.27. The van der Waals surface area contributed by atoms with E-state index in [2.05, 4.69) is 30.0 Å². The molecule has 0 aliphatic heterocycles. The fraction of sp³-hybridized carbons (Fsp3) is 0.250. The molecule has 2 aromatic heterocycles. The minimum atomic E-state index is -3.66. The van der Waals surface area contributed by atoms with Crippen LogP contribution in [0.5, 0.6) is 0 Å². The summed E-state index contributed by atoms with van der Waals surface area (Å²) in [4.78, 5) is 28.2. The highest BCUT2D eigenvalue weighted by molar-refractivity contribution is 7.91. The van der Waals surface area contributed by atoms with Crippen LogP contribution in [0.4, 0.5) is 16.7 Å². The van der Waals surface area contributed by atoms with Gasteiger partial charge in [0, 0.05) is 24.2 Å². The van der Waals surface area contributed by atoms with Gasteiger partial charge in [-0.05, 0) is 32.4 Å². The van der Waals surface area contributed by atoms with Crippen molar-refractivity contribution in [2.75, 3.05) is 10.0 Å². The molecule has 0 radical (unpaired) electrons. The average molecular weight is 443 g/mol. The van der Waals surface area contributed by atoms with Gasteiger partial charge in [0.1, 0.15) is 5.60 Å². The lowest BCUT2D eigenvalue weighted by Gasteiger charge is -2.19. The van der Waals surface area contributed by atoms with Crippen LogP contribution in [-0.2, 0) is 20.5 Å². The molecule has 162 valence electrons. The zero-order valence-electron chi connectivity index (χ0n) is 17.2. The van der Waals surface area contributed by atoms with Crippen LogP contribution in [0.1, 0.15) is 26.3 Å². The van der Waals surface area contributed by atoms with Crippen molar-refractivity contribution in [1.82, 2.24) is 19.9 Å². The molecule has 0 saturated heterocycles. The van der Waals surface area contributed by atoms with Crippen molar-refractivity contribution in [3.8, 4) is 11.3 Å². The Labute approximate surface area is 180 Å². The van der Waals surface area contributed by atoms with Gasteiger partial charge in [-0.15, -0.1) is 0 Å². The average Bonchev–Trinajstić information content (AvgIpc) is 2.67. The van der Waals surface area contributed by atoms with Crippen molar-refractivity contribution < 1.29 is 17.9 Å². The molecule has 0 spiro atoms. The van der Waals surface area contributed by atoms with E-state index in [1.807, 2.05) is 6.07 Å². The van der Waals surface area contributed by atoms with Crippen LogP contribution in [-0.4, -0.2) is 40.0 Å². The van der Waals surface area contributed by atoms with E-state index in [0.717, 1.165) is 0 Å². The Morgan fingerprint density at radius 1 is 1.00 bits per heavy atom. The van der Waals surface area contributed by atoms with Gasteiger partial charge in [-0.1, -0.05) is 30.3 Å². The fourth-order valence-electron chi connectivity index (χ4n) is 2.46. The monoisotopic (exact) mass is 442 g/mol. The Hall–Kier alpha value is -3.60. The number of carbonyl (C=O) groups excluding carboxylic acids is 1. The maximum atomic E-state index is 12.3. The SMILES string of the molecule is CC(C)(C)OC(=O)Nc1nccc(-c2cnc(NS(=O)(=O)Cc3ccccc3)nc2)n1. The van der Waals surface area contributed by atoms with Crippen molar-refractivity contribution in [2.24, 2.45) is 0 Å². The van der Waals surface area contributed by atoms with E-state index in [1.54, 1.807) is 51.1 Å². The minimum absolute atomic E-state index is 0.0548. The first-order valence-corrected chi connectivity index (χ1v) is 10.9. The number of nitrogens with one attached hydrogen (secondary N) is 2. The normalized spacial score (nSPS) is 11.6. The number of ether oxygens (including phenoxy) is 1. The number of amides is 1. The van der Waals surface area contributed by atoms with E-state index in [-0.39, 0.29) is 17.6 Å². The van der Waals surface area contributed by atoms with Gasteiger partial charge in [0.2, 0.25) is 21.9 Å². The summed E-state index contributed by atoms with van der Waals surface area (Å²) in [6.45, 7) is 5.24. The molecular weight excluding hydrogens is 420 g/mol. The maximum absolute atomic E-state index is 12.3. The van der Waals surface area contributed by atoms with Crippen LogP contribution in [0.25, 0.3) is 11.3 Å². The lowest BCUT2D eigenvalue weighted by atomic mass is 10.2. The highest BCUT2D eigenvalue weighted by Crippen LogP contribution is 2.18. The van der Waals surface area contributed by atoms with Crippen molar-refractivity contribution >= 4 is 28.0 Å². The second-order valence-electron chi connectivity index (χ2n) is 7.53. The summed E-state index contributed by atoms with van der Waals surface area (Å²) in [7, 11) is -3.66. The second-order valence-corrected chi connectivity index (χ2v) is 9.26. The Kier molecular flexibility index (Phi) is 6.44. The van der Waals surface area contributed by atoms with Crippen molar-refractivity contribution in [3.05, 3.63) is 60.6 Å². The smallest absolute Gasteiger partial charge is 0.414 e. The van der Waals surface area contributed by atoms with Gasteiger partial charge in [-0.25, -0.2) is 33.1 Å². The number of hydrogen-bond acceptors (Lipinski definition) is 8. The maximum Gasteiger partial charge on any atom is 0.414 e. The van der Waals surface area contributed by atoms with Crippen LogP contribution in [0, 0.1) is 0 Å². The molecule has 2 heterocycles. The van der Waals surface area contributed by atoms with Crippen LogP contribution in [0.15, 0.2) is 55.0 Å². The predicted octanol–water partition coefficient (Wildman–Crippen LogP) is 3.22. The lowest BCUT2D eigenvalue weighted by molar-refractivity contribution is 0.0634. The Morgan fingerprint density at radius 3 is 2.32 bits per heavy atom.